The molecule has 1 unspecified atom stereocenters. The van der Waals surface area contributed by atoms with Crippen molar-refractivity contribution >= 4 is 24.5 Å². The van der Waals surface area contributed by atoms with Gasteiger partial charge in [0, 0.05) is 0 Å². The zero-order chi connectivity index (χ0) is 22.9. The molecule has 3 aromatic carbocycles. The molecule has 0 saturated carbocycles. The van der Waals surface area contributed by atoms with Crippen molar-refractivity contribution in [1.82, 2.24) is 0 Å². The van der Waals surface area contributed by atoms with Gasteiger partial charge in [-0.25, -0.2) is 0 Å². The van der Waals surface area contributed by atoms with Gasteiger partial charge in [0.2, 0.25) is 0 Å². The number of hydrogen-bond donors (Lipinski definition) is 1. The number of aryl methyl sites for hydroxylation is 6. The van der Waals surface area contributed by atoms with E-state index >= 15 is 0 Å². The van der Waals surface area contributed by atoms with E-state index in [4.69, 9.17) is 0 Å². The van der Waals surface area contributed by atoms with Crippen LogP contribution in [0, 0.1) is 41.5 Å². The maximum atomic E-state index is 11.2. The highest BCUT2D eigenvalue weighted by atomic mass is 28.3. The van der Waals surface area contributed by atoms with E-state index in [9.17, 15) is 5.11 Å². The van der Waals surface area contributed by atoms with E-state index in [2.05, 4.69) is 103 Å². The van der Waals surface area contributed by atoms with Crippen LogP contribution in [-0.4, -0.2) is 19.3 Å². The largest absolute Gasteiger partial charge is 0.389 e. The average Bonchev–Trinajstić information content (AvgIpc) is 2.64. The van der Waals surface area contributed by atoms with E-state index in [0.717, 1.165) is 10.8 Å². The van der Waals surface area contributed by atoms with E-state index in [1.54, 1.807) is 0 Å². The summed E-state index contributed by atoms with van der Waals surface area (Å²) in [5, 5.41) is 15.2. The predicted octanol–water partition coefficient (Wildman–Crippen LogP) is 5.73. The number of benzene rings is 3. The highest BCUT2D eigenvalue weighted by Gasteiger charge is 2.42. The second-order valence-electron chi connectivity index (χ2n) is 9.36. The summed E-state index contributed by atoms with van der Waals surface area (Å²) in [4.78, 5) is 0. The molecule has 0 aromatic heterocycles. The third-order valence-electron chi connectivity index (χ3n) is 6.50. The van der Waals surface area contributed by atoms with Crippen LogP contribution in [0.25, 0.3) is 6.08 Å². The van der Waals surface area contributed by atoms with Crippen LogP contribution in [0.4, 0.5) is 0 Å². The minimum absolute atomic E-state index is 0.530. The molecule has 0 aliphatic carbocycles. The molecule has 0 amide bonds. The van der Waals surface area contributed by atoms with Gasteiger partial charge >= 0.3 is 0 Å². The van der Waals surface area contributed by atoms with Gasteiger partial charge in [-0.3, -0.25) is 0 Å². The van der Waals surface area contributed by atoms with E-state index in [0.29, 0.717) is 0 Å². The molecule has 0 fully saturated rings. The van der Waals surface area contributed by atoms with Crippen molar-refractivity contribution in [3.05, 3.63) is 98.7 Å². The monoisotopic (exact) mass is 428 g/mol. The molecule has 1 atom stereocenters. The van der Waals surface area contributed by atoms with Crippen molar-refractivity contribution in [3.8, 4) is 0 Å². The summed E-state index contributed by atoms with van der Waals surface area (Å²) in [5.41, 5.74) is 9.02. The van der Waals surface area contributed by atoms with Gasteiger partial charge in [0.05, 0.1) is 6.10 Å². The van der Waals surface area contributed by atoms with Crippen molar-refractivity contribution < 1.29 is 5.11 Å². The summed E-state index contributed by atoms with van der Waals surface area (Å²) >= 11 is 0. The smallest absolute Gasteiger partial charge is 0.145 e. The van der Waals surface area contributed by atoms with E-state index < -0.39 is 14.2 Å². The van der Waals surface area contributed by atoms with Gasteiger partial charge in [-0.15, -0.1) is 0 Å². The normalized spacial score (nSPS) is 13.4. The van der Waals surface area contributed by atoms with Crippen molar-refractivity contribution in [2.75, 3.05) is 0 Å². The average molecular weight is 429 g/mol. The van der Waals surface area contributed by atoms with Crippen LogP contribution in [0.15, 0.2) is 59.8 Å². The van der Waals surface area contributed by atoms with E-state index in [1.807, 2.05) is 13.0 Å². The molecule has 0 spiro atoms. The second-order valence-corrected chi connectivity index (χ2v) is 13.2. The van der Waals surface area contributed by atoms with Crippen LogP contribution in [0.5, 0.6) is 0 Å². The molecule has 31 heavy (non-hydrogen) atoms. The highest BCUT2D eigenvalue weighted by Crippen LogP contribution is 2.28. The molecular weight excluding hydrogens is 392 g/mol. The molecule has 3 aromatic rings. The maximum absolute atomic E-state index is 11.2. The Morgan fingerprint density at radius 3 is 1.48 bits per heavy atom. The van der Waals surface area contributed by atoms with Gasteiger partial charge < -0.3 is 5.11 Å². The van der Waals surface area contributed by atoms with Crippen LogP contribution >= 0.6 is 0 Å². The molecule has 0 aliphatic heterocycles. The molecule has 1 nitrogen and oxygen atoms in total. The first kappa shape index (κ1) is 23.2. The summed E-state index contributed by atoms with van der Waals surface area (Å²) in [6.45, 7) is 17.6. The molecule has 0 bridgehead atoms. The number of aliphatic hydroxyl groups excluding tert-OH is 1. The standard InChI is InChI=1S/C29H36OSi/c1-19-14-21(3)28(22(4)15-19)31(8,29-23(5)16-20(2)17-24(29)6)27(25(7)30)18-26-12-10-9-11-13-26/h9-18,25,30H,1-8H3/b27-18-. The lowest BCUT2D eigenvalue weighted by Crippen LogP contribution is -2.62. The molecule has 162 valence electrons. The van der Waals surface area contributed by atoms with Gasteiger partial charge in [0.15, 0.2) is 0 Å². The summed E-state index contributed by atoms with van der Waals surface area (Å²) in [5.74, 6) is 0. The van der Waals surface area contributed by atoms with Gasteiger partial charge in [-0.2, -0.15) is 0 Å². The third kappa shape index (κ3) is 4.46. The van der Waals surface area contributed by atoms with Gasteiger partial charge in [-0.05, 0) is 69.6 Å². The van der Waals surface area contributed by atoms with Crippen molar-refractivity contribution in [2.24, 2.45) is 0 Å². The summed E-state index contributed by atoms with van der Waals surface area (Å²) in [6.07, 6.45) is 1.71. The Hall–Kier alpha value is -2.42. The third-order valence-corrected chi connectivity index (χ3v) is 11.8. The Kier molecular flexibility index (Phi) is 6.73. The van der Waals surface area contributed by atoms with Crippen LogP contribution in [0.3, 0.4) is 0 Å². The highest BCUT2D eigenvalue weighted by molar-refractivity contribution is 7.08. The Morgan fingerprint density at radius 1 is 0.742 bits per heavy atom. The van der Waals surface area contributed by atoms with Crippen LogP contribution in [-0.2, 0) is 0 Å². The van der Waals surface area contributed by atoms with E-state index in [1.165, 1.54) is 43.8 Å². The Morgan fingerprint density at radius 2 is 1.13 bits per heavy atom. The zero-order valence-electron chi connectivity index (χ0n) is 20.3. The van der Waals surface area contributed by atoms with Crippen molar-refractivity contribution in [2.45, 2.75) is 61.1 Å². The first-order chi connectivity index (χ1) is 14.6. The van der Waals surface area contributed by atoms with Crippen molar-refractivity contribution in [1.29, 1.82) is 0 Å². The van der Waals surface area contributed by atoms with Crippen LogP contribution in [0.1, 0.15) is 45.9 Å². The molecule has 3 rings (SSSR count). The summed E-state index contributed by atoms with van der Waals surface area (Å²) in [7, 11) is -2.49. The zero-order valence-corrected chi connectivity index (χ0v) is 21.3. The fraction of sp³-hybridized carbons (Fsp3) is 0.310. The van der Waals surface area contributed by atoms with Gasteiger partial charge in [0.25, 0.3) is 0 Å². The van der Waals surface area contributed by atoms with E-state index in [-0.39, 0.29) is 0 Å². The first-order valence-corrected chi connectivity index (χ1v) is 13.7. The molecule has 1 N–H and O–H groups in total. The fourth-order valence-electron chi connectivity index (χ4n) is 5.76. The van der Waals surface area contributed by atoms with Gasteiger partial charge in [0.1, 0.15) is 8.07 Å². The lowest BCUT2D eigenvalue weighted by Gasteiger charge is -2.38. The molecule has 2 heteroatoms. The fourth-order valence-corrected chi connectivity index (χ4v) is 11.3. The SMILES string of the molecule is Cc1cc(C)c([Si](C)(/C(=C\c2ccccc2)C(C)O)c2c(C)cc(C)cc2C)c(C)c1. The number of rotatable bonds is 5. The quantitative estimate of drug-likeness (QED) is 0.514. The number of hydrogen-bond acceptors (Lipinski definition) is 1. The summed E-state index contributed by atoms with van der Waals surface area (Å²) < 4.78 is 0. The lowest BCUT2D eigenvalue weighted by atomic mass is 10.1. The minimum Gasteiger partial charge on any atom is -0.389 e. The van der Waals surface area contributed by atoms with Crippen LogP contribution < -0.4 is 10.4 Å². The predicted molar refractivity (Wildman–Crippen MR) is 138 cm³/mol. The minimum atomic E-state index is -2.49. The molecule has 0 heterocycles. The molecule has 0 aliphatic rings. The summed E-state index contributed by atoms with van der Waals surface area (Å²) in [6, 6.07) is 19.6. The van der Waals surface area contributed by atoms with Crippen LogP contribution in [0.2, 0.25) is 6.55 Å². The first-order valence-electron chi connectivity index (χ1n) is 11.2. The Balaban J connectivity index is 2.47. The Bertz CT molecular complexity index is 1020. The number of aliphatic hydroxyl groups is 1. The van der Waals surface area contributed by atoms with Gasteiger partial charge in [-0.1, -0.05) is 101 Å². The van der Waals surface area contributed by atoms with Crippen molar-refractivity contribution in [3.63, 3.8) is 0 Å². The molecular formula is C29H36OSi. The molecule has 0 radical (unpaired) electrons. The maximum Gasteiger partial charge on any atom is 0.145 e. The second kappa shape index (κ2) is 8.98. The topological polar surface area (TPSA) is 20.2 Å². The Labute approximate surface area is 189 Å². The molecule has 0 saturated heterocycles. The lowest BCUT2D eigenvalue weighted by molar-refractivity contribution is 0.239.